The highest BCUT2D eigenvalue weighted by Gasteiger charge is 2.35. The summed E-state index contributed by atoms with van der Waals surface area (Å²) in [6, 6.07) is 9.46. The lowest BCUT2D eigenvalue weighted by atomic mass is 10.2. The molecule has 0 aliphatic rings. The van der Waals surface area contributed by atoms with Gasteiger partial charge in [-0.25, -0.2) is 0 Å². The van der Waals surface area contributed by atoms with E-state index in [2.05, 4.69) is 0 Å². The topological polar surface area (TPSA) is 55.8 Å². The Labute approximate surface area is 121 Å². The highest BCUT2D eigenvalue weighted by atomic mass is 31.2. The maximum absolute atomic E-state index is 12.6. The van der Waals surface area contributed by atoms with E-state index < -0.39 is 13.4 Å². The molecule has 5 heteroatoms. The minimum absolute atomic E-state index is 0.292. The van der Waals surface area contributed by atoms with Crippen molar-refractivity contribution in [1.82, 2.24) is 0 Å². The second-order valence-electron chi connectivity index (χ2n) is 5.03. The van der Waals surface area contributed by atoms with Gasteiger partial charge in [-0.2, -0.15) is 0 Å². The van der Waals surface area contributed by atoms with Gasteiger partial charge in [0.05, 0.1) is 12.2 Å². The van der Waals surface area contributed by atoms with Crippen LogP contribution in [0.1, 0.15) is 33.3 Å². The van der Waals surface area contributed by atoms with Gasteiger partial charge in [0.2, 0.25) is 0 Å². The van der Waals surface area contributed by atoms with Gasteiger partial charge in [-0.3, -0.25) is 4.57 Å². The summed E-state index contributed by atoms with van der Waals surface area (Å²) < 4.78 is 23.3. The summed E-state index contributed by atoms with van der Waals surface area (Å²) in [5.41, 5.74) is 0.909. The molecule has 0 aliphatic carbocycles. The number of rotatable bonds is 7. The first-order valence-corrected chi connectivity index (χ1v) is 8.32. The molecule has 1 aromatic rings. The zero-order chi connectivity index (χ0) is 15.2. The molecule has 1 atom stereocenters. The largest absolute Gasteiger partial charge is 0.377 e. The quantitative estimate of drug-likeness (QED) is 0.771. The first-order chi connectivity index (χ1) is 9.33. The fourth-order valence-electron chi connectivity index (χ4n) is 1.60. The highest BCUT2D eigenvalue weighted by Crippen LogP contribution is 2.54. The minimum atomic E-state index is -3.59. The molecular formula is C15H23O4P. The van der Waals surface area contributed by atoms with E-state index in [-0.39, 0.29) is 12.2 Å². The number of hydrogen-bond donors (Lipinski definition) is 1. The predicted molar refractivity (Wildman–Crippen MR) is 81.5 cm³/mol. The van der Waals surface area contributed by atoms with Crippen LogP contribution in [0.5, 0.6) is 0 Å². The molecule has 0 unspecified atom stereocenters. The maximum Gasteiger partial charge on any atom is 0.363 e. The summed E-state index contributed by atoms with van der Waals surface area (Å²) in [6.45, 7) is 7.02. The normalized spacial score (nSPS) is 14.3. The SMILES string of the molecule is CC(C)OP(=O)(OC(C)C)[C@@H](O)/C=C/c1ccccc1. The predicted octanol–water partition coefficient (Wildman–Crippen LogP) is 4.06. The molecule has 0 heterocycles. The van der Waals surface area contributed by atoms with E-state index in [9.17, 15) is 9.67 Å². The Morgan fingerprint density at radius 2 is 1.55 bits per heavy atom. The van der Waals surface area contributed by atoms with Crippen LogP contribution in [0.15, 0.2) is 36.4 Å². The third-order valence-corrected chi connectivity index (χ3v) is 4.55. The fraction of sp³-hybridized carbons (Fsp3) is 0.467. The zero-order valence-corrected chi connectivity index (χ0v) is 13.3. The van der Waals surface area contributed by atoms with E-state index in [1.54, 1.807) is 33.8 Å². The molecule has 1 aromatic carbocycles. The molecule has 0 fully saturated rings. The third-order valence-electron chi connectivity index (χ3n) is 2.30. The summed E-state index contributed by atoms with van der Waals surface area (Å²) >= 11 is 0. The molecule has 0 aromatic heterocycles. The minimum Gasteiger partial charge on any atom is -0.377 e. The lowest BCUT2D eigenvalue weighted by molar-refractivity contribution is 0.113. The Hall–Kier alpha value is -0.930. The summed E-state index contributed by atoms with van der Waals surface area (Å²) in [7, 11) is -3.59. The first kappa shape index (κ1) is 17.1. The Morgan fingerprint density at radius 3 is 2.00 bits per heavy atom. The van der Waals surface area contributed by atoms with Gasteiger partial charge in [-0.05, 0) is 39.3 Å². The Kier molecular flexibility index (Phi) is 6.63. The van der Waals surface area contributed by atoms with Crippen LogP contribution in [0.25, 0.3) is 6.08 Å². The van der Waals surface area contributed by atoms with Crippen LogP contribution in [0.4, 0.5) is 0 Å². The van der Waals surface area contributed by atoms with Crippen LogP contribution in [0, 0.1) is 0 Å². The standard InChI is InChI=1S/C15H23O4P/c1-12(2)18-20(17,19-13(3)4)15(16)11-10-14-8-6-5-7-9-14/h5-13,15-16H,1-4H3/b11-10+/t15-/m1/s1. The molecule has 0 saturated heterocycles. The Bertz CT molecular complexity index is 454. The van der Waals surface area contributed by atoms with Gasteiger partial charge in [0.25, 0.3) is 0 Å². The molecule has 1 rings (SSSR count). The number of hydrogen-bond acceptors (Lipinski definition) is 4. The monoisotopic (exact) mass is 298 g/mol. The number of benzene rings is 1. The van der Waals surface area contributed by atoms with E-state index >= 15 is 0 Å². The molecule has 0 aliphatic heterocycles. The van der Waals surface area contributed by atoms with E-state index in [0.29, 0.717) is 0 Å². The molecule has 112 valence electrons. The van der Waals surface area contributed by atoms with Gasteiger partial charge >= 0.3 is 7.60 Å². The molecular weight excluding hydrogens is 275 g/mol. The fourth-order valence-corrected chi connectivity index (χ4v) is 3.38. The van der Waals surface area contributed by atoms with Gasteiger partial charge in [-0.15, -0.1) is 0 Å². The second kappa shape index (κ2) is 7.75. The van der Waals surface area contributed by atoms with Crippen LogP contribution in [-0.4, -0.2) is 23.2 Å². The molecule has 0 bridgehead atoms. The summed E-state index contributed by atoms with van der Waals surface area (Å²) in [5.74, 6) is -1.28. The van der Waals surface area contributed by atoms with Crippen LogP contribution in [-0.2, 0) is 13.6 Å². The van der Waals surface area contributed by atoms with Crippen molar-refractivity contribution in [3.8, 4) is 0 Å². The van der Waals surface area contributed by atoms with Gasteiger partial charge in [0, 0.05) is 0 Å². The maximum atomic E-state index is 12.6. The Morgan fingerprint density at radius 1 is 1.05 bits per heavy atom. The smallest absolute Gasteiger partial charge is 0.363 e. The van der Waals surface area contributed by atoms with Gasteiger partial charge < -0.3 is 14.2 Å². The second-order valence-corrected chi connectivity index (χ2v) is 7.06. The first-order valence-electron chi connectivity index (χ1n) is 6.71. The third kappa shape index (κ3) is 5.59. The Balaban J connectivity index is 2.85. The molecule has 0 amide bonds. The van der Waals surface area contributed by atoms with Crippen LogP contribution < -0.4 is 0 Å². The van der Waals surface area contributed by atoms with Crippen molar-refractivity contribution in [3.63, 3.8) is 0 Å². The van der Waals surface area contributed by atoms with Crippen LogP contribution in [0.2, 0.25) is 0 Å². The number of aliphatic hydroxyl groups is 1. The van der Waals surface area contributed by atoms with Crippen molar-refractivity contribution in [2.24, 2.45) is 0 Å². The van der Waals surface area contributed by atoms with Crippen molar-refractivity contribution in [2.75, 3.05) is 0 Å². The molecule has 1 N–H and O–H groups in total. The highest BCUT2D eigenvalue weighted by molar-refractivity contribution is 7.54. The van der Waals surface area contributed by atoms with E-state index in [1.165, 1.54) is 6.08 Å². The van der Waals surface area contributed by atoms with Crippen molar-refractivity contribution in [3.05, 3.63) is 42.0 Å². The zero-order valence-electron chi connectivity index (χ0n) is 12.4. The van der Waals surface area contributed by atoms with E-state index in [4.69, 9.17) is 9.05 Å². The van der Waals surface area contributed by atoms with Crippen LogP contribution in [0.3, 0.4) is 0 Å². The van der Waals surface area contributed by atoms with Crippen molar-refractivity contribution >= 4 is 13.7 Å². The van der Waals surface area contributed by atoms with Gasteiger partial charge in [0.1, 0.15) is 0 Å². The van der Waals surface area contributed by atoms with Crippen molar-refractivity contribution in [2.45, 2.75) is 45.7 Å². The number of aliphatic hydroxyl groups excluding tert-OH is 1. The summed E-state index contributed by atoms with van der Waals surface area (Å²) in [6.07, 6.45) is 2.56. The van der Waals surface area contributed by atoms with Crippen molar-refractivity contribution < 1.29 is 18.7 Å². The van der Waals surface area contributed by atoms with Crippen molar-refractivity contribution in [1.29, 1.82) is 0 Å². The molecule has 20 heavy (non-hydrogen) atoms. The van der Waals surface area contributed by atoms with Gasteiger partial charge in [0.15, 0.2) is 5.85 Å². The molecule has 0 spiro atoms. The lowest BCUT2D eigenvalue weighted by Gasteiger charge is -2.25. The lowest BCUT2D eigenvalue weighted by Crippen LogP contribution is -2.16. The summed E-state index contributed by atoms with van der Waals surface area (Å²) in [5, 5.41) is 10.1. The van der Waals surface area contributed by atoms with Crippen LogP contribution >= 0.6 is 7.60 Å². The molecule has 0 radical (unpaired) electrons. The van der Waals surface area contributed by atoms with E-state index in [1.807, 2.05) is 30.3 Å². The molecule has 0 saturated carbocycles. The average Bonchev–Trinajstić information content (AvgIpc) is 2.35. The van der Waals surface area contributed by atoms with E-state index in [0.717, 1.165) is 5.56 Å². The van der Waals surface area contributed by atoms with Gasteiger partial charge in [-0.1, -0.05) is 36.4 Å². The summed E-state index contributed by atoms with van der Waals surface area (Å²) in [4.78, 5) is 0. The molecule has 4 nitrogen and oxygen atoms in total. The average molecular weight is 298 g/mol.